The molecule has 1 aromatic heterocycles. The van der Waals surface area contributed by atoms with Crippen molar-refractivity contribution in [1.29, 1.82) is 0 Å². The van der Waals surface area contributed by atoms with Crippen LogP contribution < -0.4 is 4.74 Å². The van der Waals surface area contributed by atoms with Crippen LogP contribution in [-0.2, 0) is 5.88 Å². The van der Waals surface area contributed by atoms with Crippen molar-refractivity contribution in [3.63, 3.8) is 0 Å². The Bertz CT molecular complexity index is 464. The van der Waals surface area contributed by atoms with E-state index in [2.05, 4.69) is 18.7 Å². The van der Waals surface area contributed by atoms with Crippen molar-refractivity contribution in [3.05, 3.63) is 23.1 Å². The van der Waals surface area contributed by atoms with E-state index in [1.165, 1.54) is 5.39 Å². The van der Waals surface area contributed by atoms with Crippen LogP contribution in [0.3, 0.4) is 0 Å². The SMILES string of the molecule is COc1ccc2cc(CCl)sc2c1S. The van der Waals surface area contributed by atoms with Gasteiger partial charge in [0, 0.05) is 4.88 Å². The van der Waals surface area contributed by atoms with Crippen LogP contribution >= 0.6 is 35.6 Å². The number of halogens is 1. The standard InChI is InChI=1S/C10H9ClOS2/c1-12-8-3-2-6-4-7(5-11)14-10(6)9(8)13/h2-4,13H,5H2,1H3. The summed E-state index contributed by atoms with van der Waals surface area (Å²) in [5.74, 6) is 1.36. The molecular formula is C10H9ClOS2. The molecule has 2 rings (SSSR count). The van der Waals surface area contributed by atoms with Gasteiger partial charge >= 0.3 is 0 Å². The number of benzene rings is 1. The van der Waals surface area contributed by atoms with Gasteiger partial charge in [0.25, 0.3) is 0 Å². The molecule has 0 spiro atoms. The van der Waals surface area contributed by atoms with E-state index in [0.29, 0.717) is 5.88 Å². The average molecular weight is 245 g/mol. The maximum Gasteiger partial charge on any atom is 0.133 e. The summed E-state index contributed by atoms with van der Waals surface area (Å²) >= 11 is 11.9. The first-order chi connectivity index (χ1) is 6.76. The summed E-state index contributed by atoms with van der Waals surface area (Å²) in [6.45, 7) is 0. The molecule has 0 aliphatic rings. The van der Waals surface area contributed by atoms with Gasteiger partial charge in [0.2, 0.25) is 0 Å². The molecule has 0 N–H and O–H groups in total. The lowest BCUT2D eigenvalue weighted by Crippen LogP contribution is -1.83. The molecule has 0 saturated carbocycles. The molecule has 0 aliphatic carbocycles. The Morgan fingerprint density at radius 3 is 2.93 bits per heavy atom. The van der Waals surface area contributed by atoms with E-state index < -0.39 is 0 Å². The van der Waals surface area contributed by atoms with Crippen LogP contribution in [0.1, 0.15) is 4.88 Å². The van der Waals surface area contributed by atoms with Gasteiger partial charge in [-0.15, -0.1) is 35.6 Å². The van der Waals surface area contributed by atoms with Crippen LogP contribution in [0.2, 0.25) is 0 Å². The second kappa shape index (κ2) is 4.01. The van der Waals surface area contributed by atoms with Crippen molar-refractivity contribution in [2.24, 2.45) is 0 Å². The Balaban J connectivity index is 2.68. The lowest BCUT2D eigenvalue weighted by Gasteiger charge is -2.03. The third kappa shape index (κ3) is 1.60. The lowest BCUT2D eigenvalue weighted by molar-refractivity contribution is 0.406. The number of thiol groups is 1. The fourth-order valence-corrected chi connectivity index (χ4v) is 2.97. The highest BCUT2D eigenvalue weighted by atomic mass is 35.5. The molecular weight excluding hydrogens is 236 g/mol. The summed E-state index contributed by atoms with van der Waals surface area (Å²) in [6.07, 6.45) is 0. The number of hydrogen-bond acceptors (Lipinski definition) is 3. The summed E-state index contributed by atoms with van der Waals surface area (Å²) in [6, 6.07) is 6.04. The average Bonchev–Trinajstić information content (AvgIpc) is 2.62. The normalized spacial score (nSPS) is 10.8. The molecule has 0 saturated heterocycles. The van der Waals surface area contributed by atoms with E-state index in [1.807, 2.05) is 12.1 Å². The third-order valence-corrected chi connectivity index (χ3v) is 4.24. The molecule has 74 valence electrons. The molecule has 0 bridgehead atoms. The van der Waals surface area contributed by atoms with Crippen molar-refractivity contribution >= 4 is 45.7 Å². The van der Waals surface area contributed by atoms with Crippen LogP contribution in [0.25, 0.3) is 10.1 Å². The number of hydrogen-bond donors (Lipinski definition) is 1. The number of ether oxygens (including phenoxy) is 1. The predicted octanol–water partition coefficient (Wildman–Crippen LogP) is 3.94. The van der Waals surface area contributed by atoms with Gasteiger partial charge in [-0.25, -0.2) is 0 Å². The smallest absolute Gasteiger partial charge is 0.133 e. The van der Waals surface area contributed by atoms with E-state index in [1.54, 1.807) is 18.4 Å². The molecule has 1 aromatic carbocycles. The van der Waals surface area contributed by atoms with Gasteiger partial charge < -0.3 is 4.74 Å². The Hall–Kier alpha value is -0.380. The first kappa shape index (κ1) is 10.1. The highest BCUT2D eigenvalue weighted by molar-refractivity contribution is 7.81. The molecule has 1 nitrogen and oxygen atoms in total. The first-order valence-electron chi connectivity index (χ1n) is 4.10. The van der Waals surface area contributed by atoms with E-state index in [-0.39, 0.29) is 0 Å². The van der Waals surface area contributed by atoms with E-state index in [9.17, 15) is 0 Å². The summed E-state index contributed by atoms with van der Waals surface area (Å²) in [7, 11) is 1.65. The Morgan fingerprint density at radius 2 is 2.29 bits per heavy atom. The zero-order chi connectivity index (χ0) is 10.1. The van der Waals surface area contributed by atoms with Gasteiger partial charge in [0.1, 0.15) is 5.75 Å². The number of alkyl halides is 1. The fourth-order valence-electron chi connectivity index (χ4n) is 1.35. The van der Waals surface area contributed by atoms with Crippen LogP contribution in [-0.4, -0.2) is 7.11 Å². The fraction of sp³-hybridized carbons (Fsp3) is 0.200. The van der Waals surface area contributed by atoms with Crippen molar-refractivity contribution in [1.82, 2.24) is 0 Å². The summed E-state index contributed by atoms with van der Waals surface area (Å²) in [5, 5.41) is 1.18. The van der Waals surface area contributed by atoms with E-state index in [4.69, 9.17) is 16.3 Å². The summed E-state index contributed by atoms with van der Waals surface area (Å²) in [5.41, 5.74) is 0. The molecule has 14 heavy (non-hydrogen) atoms. The summed E-state index contributed by atoms with van der Waals surface area (Å²) < 4.78 is 6.34. The molecule has 4 heteroatoms. The molecule has 0 radical (unpaired) electrons. The Kier molecular flexibility index (Phi) is 2.91. The topological polar surface area (TPSA) is 9.23 Å². The van der Waals surface area contributed by atoms with Gasteiger partial charge in [-0.05, 0) is 23.6 Å². The highest BCUT2D eigenvalue weighted by Crippen LogP contribution is 2.36. The van der Waals surface area contributed by atoms with Gasteiger partial charge in [-0.3, -0.25) is 0 Å². The quantitative estimate of drug-likeness (QED) is 0.622. The Morgan fingerprint density at radius 1 is 1.50 bits per heavy atom. The van der Waals surface area contributed by atoms with E-state index in [0.717, 1.165) is 20.2 Å². The van der Waals surface area contributed by atoms with Crippen LogP contribution in [0.5, 0.6) is 5.75 Å². The van der Waals surface area contributed by atoms with Crippen molar-refractivity contribution in [2.75, 3.05) is 7.11 Å². The lowest BCUT2D eigenvalue weighted by atomic mass is 10.2. The molecule has 0 fully saturated rings. The second-order valence-electron chi connectivity index (χ2n) is 2.88. The predicted molar refractivity (Wildman–Crippen MR) is 65.2 cm³/mol. The molecule has 2 aromatic rings. The van der Waals surface area contributed by atoms with Crippen LogP contribution in [0, 0.1) is 0 Å². The second-order valence-corrected chi connectivity index (χ2v) is 4.73. The monoisotopic (exact) mass is 244 g/mol. The highest BCUT2D eigenvalue weighted by Gasteiger charge is 2.08. The molecule has 0 aliphatic heterocycles. The van der Waals surface area contributed by atoms with Gasteiger partial charge in [0.15, 0.2) is 0 Å². The van der Waals surface area contributed by atoms with Crippen molar-refractivity contribution in [2.45, 2.75) is 10.8 Å². The van der Waals surface area contributed by atoms with Crippen LogP contribution in [0.15, 0.2) is 23.1 Å². The molecule has 1 heterocycles. The Labute approximate surface area is 97.1 Å². The number of fused-ring (bicyclic) bond motifs is 1. The minimum Gasteiger partial charge on any atom is -0.496 e. The molecule has 0 atom stereocenters. The van der Waals surface area contributed by atoms with Gasteiger partial charge in [0.05, 0.1) is 22.6 Å². The molecule has 0 unspecified atom stereocenters. The minimum absolute atomic E-state index is 0.550. The number of thiophene rings is 1. The van der Waals surface area contributed by atoms with E-state index >= 15 is 0 Å². The maximum absolute atomic E-state index is 5.78. The largest absolute Gasteiger partial charge is 0.496 e. The third-order valence-electron chi connectivity index (χ3n) is 2.03. The van der Waals surface area contributed by atoms with Crippen molar-refractivity contribution < 1.29 is 4.74 Å². The molecule has 0 amide bonds. The van der Waals surface area contributed by atoms with Crippen LogP contribution in [0.4, 0.5) is 0 Å². The maximum atomic E-state index is 5.78. The minimum atomic E-state index is 0.550. The van der Waals surface area contributed by atoms with Gasteiger partial charge in [-0.1, -0.05) is 0 Å². The van der Waals surface area contributed by atoms with Gasteiger partial charge in [-0.2, -0.15) is 0 Å². The first-order valence-corrected chi connectivity index (χ1v) is 5.90. The zero-order valence-electron chi connectivity index (χ0n) is 7.58. The summed E-state index contributed by atoms with van der Waals surface area (Å²) in [4.78, 5) is 2.05. The zero-order valence-corrected chi connectivity index (χ0v) is 10.0. The number of methoxy groups -OCH3 is 1. The number of rotatable bonds is 2. The van der Waals surface area contributed by atoms with Crippen molar-refractivity contribution in [3.8, 4) is 5.75 Å².